The second-order valence-electron chi connectivity index (χ2n) is 4.77. The van der Waals surface area contributed by atoms with Crippen LogP contribution >= 0.6 is 11.8 Å². The van der Waals surface area contributed by atoms with Gasteiger partial charge >= 0.3 is 5.97 Å². The number of thioether (sulfide) groups is 1. The summed E-state index contributed by atoms with van der Waals surface area (Å²) >= 11 is 1.17. The van der Waals surface area contributed by atoms with E-state index in [1.165, 1.54) is 16.7 Å². The number of nitrogens with zero attached hydrogens (tertiary/aromatic N) is 1. The molecule has 1 amide bonds. The normalized spacial score (nSPS) is 14.5. The van der Waals surface area contributed by atoms with Crippen molar-refractivity contribution < 1.29 is 23.5 Å². The Balaban J connectivity index is 1.55. The third-order valence-electron chi connectivity index (χ3n) is 3.23. The van der Waals surface area contributed by atoms with Crippen molar-refractivity contribution in [3.05, 3.63) is 36.1 Å². The Morgan fingerprint density at radius 3 is 2.86 bits per heavy atom. The number of carbonyl (C=O) groups excluding carboxylic acids is 3. The van der Waals surface area contributed by atoms with Crippen LogP contribution in [0, 0.1) is 0 Å². The highest BCUT2D eigenvalue weighted by molar-refractivity contribution is 8.13. The Bertz CT molecular complexity index is 705. The molecular weight excluding hydrogens is 306 g/mol. The Labute approximate surface area is 130 Å². The summed E-state index contributed by atoms with van der Waals surface area (Å²) in [6, 6.07) is 8.86. The van der Waals surface area contributed by atoms with Crippen LogP contribution in [0.4, 0.5) is 4.79 Å². The average molecular weight is 319 g/mol. The van der Waals surface area contributed by atoms with Crippen molar-refractivity contribution in [2.24, 2.45) is 0 Å². The lowest BCUT2D eigenvalue weighted by Crippen LogP contribution is -2.31. The summed E-state index contributed by atoms with van der Waals surface area (Å²) in [5.41, 5.74) is 0.608. The van der Waals surface area contributed by atoms with Crippen LogP contribution < -0.4 is 0 Å². The summed E-state index contributed by atoms with van der Waals surface area (Å²) in [6.07, 6.45) is 0. The molecule has 3 rings (SSSR count). The van der Waals surface area contributed by atoms with Gasteiger partial charge in [-0.1, -0.05) is 30.0 Å². The largest absolute Gasteiger partial charge is 0.456 e. The predicted octanol–water partition coefficient (Wildman–Crippen LogP) is 2.33. The average Bonchev–Trinajstić information content (AvgIpc) is 3.11. The highest BCUT2D eigenvalue weighted by atomic mass is 32.2. The van der Waals surface area contributed by atoms with Crippen LogP contribution in [0.5, 0.6) is 0 Å². The number of para-hydroxylation sites is 1. The topological polar surface area (TPSA) is 76.8 Å². The third kappa shape index (κ3) is 3.14. The number of ether oxygens (including phenoxy) is 1. The number of ketones is 1. The smallest absolute Gasteiger partial charge is 0.326 e. The van der Waals surface area contributed by atoms with Crippen LogP contribution in [0.25, 0.3) is 11.0 Å². The van der Waals surface area contributed by atoms with E-state index in [9.17, 15) is 14.4 Å². The van der Waals surface area contributed by atoms with Crippen molar-refractivity contribution in [1.29, 1.82) is 0 Å². The molecule has 1 aliphatic rings. The van der Waals surface area contributed by atoms with Crippen LogP contribution in [0.3, 0.4) is 0 Å². The highest BCUT2D eigenvalue weighted by Crippen LogP contribution is 2.19. The first kappa shape index (κ1) is 14.6. The zero-order chi connectivity index (χ0) is 15.5. The minimum atomic E-state index is -0.597. The molecule has 0 saturated carbocycles. The molecule has 0 radical (unpaired) electrons. The molecule has 22 heavy (non-hydrogen) atoms. The minimum Gasteiger partial charge on any atom is -0.456 e. The minimum absolute atomic E-state index is 0.126. The number of esters is 1. The van der Waals surface area contributed by atoms with Gasteiger partial charge in [-0.05, 0) is 12.1 Å². The number of hydrogen-bond acceptors (Lipinski definition) is 6. The fraction of sp³-hybridized carbons (Fsp3) is 0.267. The molecule has 0 spiro atoms. The summed E-state index contributed by atoms with van der Waals surface area (Å²) in [5.74, 6) is -0.182. The monoisotopic (exact) mass is 319 g/mol. The Morgan fingerprint density at radius 1 is 1.32 bits per heavy atom. The Morgan fingerprint density at radius 2 is 2.14 bits per heavy atom. The van der Waals surface area contributed by atoms with Crippen molar-refractivity contribution in [1.82, 2.24) is 4.90 Å². The molecule has 1 aromatic heterocycles. The van der Waals surface area contributed by atoms with E-state index in [4.69, 9.17) is 9.15 Å². The van der Waals surface area contributed by atoms with E-state index in [2.05, 4.69) is 0 Å². The first-order valence-corrected chi connectivity index (χ1v) is 7.71. The van der Waals surface area contributed by atoms with Gasteiger partial charge in [0.15, 0.2) is 12.4 Å². The molecule has 1 fully saturated rings. The Hall–Kier alpha value is -2.28. The maximum absolute atomic E-state index is 12.0. The van der Waals surface area contributed by atoms with Crippen LogP contribution in [-0.4, -0.2) is 47.3 Å². The van der Waals surface area contributed by atoms with E-state index in [0.717, 1.165) is 5.39 Å². The maximum atomic E-state index is 12.0. The molecule has 0 N–H and O–H groups in total. The van der Waals surface area contributed by atoms with Gasteiger partial charge in [0, 0.05) is 17.7 Å². The summed E-state index contributed by atoms with van der Waals surface area (Å²) < 4.78 is 10.3. The molecule has 0 unspecified atom stereocenters. The molecule has 114 valence electrons. The molecule has 1 aliphatic heterocycles. The molecule has 7 heteroatoms. The van der Waals surface area contributed by atoms with E-state index in [1.807, 2.05) is 18.2 Å². The number of fused-ring (bicyclic) bond motifs is 1. The summed E-state index contributed by atoms with van der Waals surface area (Å²) in [6.45, 7) is 0.00317. The van der Waals surface area contributed by atoms with Gasteiger partial charge in [-0.2, -0.15) is 0 Å². The van der Waals surface area contributed by atoms with Gasteiger partial charge < -0.3 is 14.1 Å². The quantitative estimate of drug-likeness (QED) is 0.622. The first-order chi connectivity index (χ1) is 10.6. The number of furan rings is 1. The first-order valence-electron chi connectivity index (χ1n) is 6.72. The van der Waals surface area contributed by atoms with Crippen molar-refractivity contribution in [3.63, 3.8) is 0 Å². The zero-order valence-corrected chi connectivity index (χ0v) is 12.4. The van der Waals surface area contributed by atoms with Gasteiger partial charge in [0.1, 0.15) is 12.1 Å². The second kappa shape index (κ2) is 6.23. The van der Waals surface area contributed by atoms with Gasteiger partial charge in [0.05, 0.1) is 0 Å². The molecule has 1 saturated heterocycles. The molecule has 6 nitrogen and oxygen atoms in total. The van der Waals surface area contributed by atoms with Gasteiger partial charge in [0.2, 0.25) is 5.78 Å². The summed E-state index contributed by atoms with van der Waals surface area (Å²) in [4.78, 5) is 36.4. The van der Waals surface area contributed by atoms with Crippen molar-refractivity contribution in [3.8, 4) is 0 Å². The highest BCUT2D eigenvalue weighted by Gasteiger charge is 2.24. The van der Waals surface area contributed by atoms with Crippen LogP contribution in [0.15, 0.2) is 34.7 Å². The number of amides is 1. The van der Waals surface area contributed by atoms with Crippen molar-refractivity contribution >= 4 is 39.7 Å². The lowest BCUT2D eigenvalue weighted by atomic mass is 10.2. The number of Topliss-reactive ketones (excluding diaryl/α,β-unsaturated/α-hetero) is 1. The van der Waals surface area contributed by atoms with Crippen LogP contribution in [0.2, 0.25) is 0 Å². The summed E-state index contributed by atoms with van der Waals surface area (Å²) in [7, 11) is 0. The zero-order valence-electron chi connectivity index (χ0n) is 11.6. The van der Waals surface area contributed by atoms with Gasteiger partial charge in [-0.3, -0.25) is 14.4 Å². The SMILES string of the molecule is O=C(CN1CCSC1=O)OCC(=O)c1cc2ccccc2o1. The van der Waals surface area contributed by atoms with Crippen molar-refractivity contribution in [2.75, 3.05) is 25.4 Å². The van der Waals surface area contributed by atoms with E-state index in [-0.39, 0.29) is 17.5 Å². The third-order valence-corrected chi connectivity index (χ3v) is 4.12. The molecule has 2 aromatic rings. The number of carbonyl (C=O) groups is 3. The standard InChI is InChI=1S/C15H13NO5S/c17-11(13-7-10-3-1-2-4-12(10)21-13)9-20-14(18)8-16-5-6-22-15(16)19/h1-4,7H,5-6,8-9H2. The maximum Gasteiger partial charge on any atom is 0.326 e. The molecule has 0 bridgehead atoms. The van der Waals surface area contributed by atoms with Gasteiger partial charge in [-0.25, -0.2) is 0 Å². The number of hydrogen-bond donors (Lipinski definition) is 0. The predicted molar refractivity (Wildman–Crippen MR) is 80.9 cm³/mol. The van der Waals surface area contributed by atoms with E-state index in [0.29, 0.717) is 17.9 Å². The molecule has 0 atom stereocenters. The van der Waals surface area contributed by atoms with Crippen LogP contribution in [0.1, 0.15) is 10.6 Å². The fourth-order valence-electron chi connectivity index (χ4n) is 2.11. The molecular formula is C15H13NO5S. The van der Waals surface area contributed by atoms with Crippen LogP contribution in [-0.2, 0) is 9.53 Å². The Kier molecular flexibility index (Phi) is 4.15. The van der Waals surface area contributed by atoms with E-state index in [1.54, 1.807) is 12.1 Å². The summed E-state index contributed by atoms with van der Waals surface area (Å²) in [5, 5.41) is 0.678. The van der Waals surface area contributed by atoms with E-state index >= 15 is 0 Å². The van der Waals surface area contributed by atoms with Gasteiger partial charge in [0.25, 0.3) is 5.24 Å². The van der Waals surface area contributed by atoms with Gasteiger partial charge in [-0.15, -0.1) is 0 Å². The molecule has 1 aromatic carbocycles. The molecule has 0 aliphatic carbocycles. The van der Waals surface area contributed by atoms with E-state index < -0.39 is 18.4 Å². The van der Waals surface area contributed by atoms with Crippen molar-refractivity contribution in [2.45, 2.75) is 0 Å². The number of benzene rings is 1. The second-order valence-corrected chi connectivity index (χ2v) is 5.81. The fourth-order valence-corrected chi connectivity index (χ4v) is 2.93. The number of rotatable bonds is 5. The molecule has 2 heterocycles. The lowest BCUT2D eigenvalue weighted by Gasteiger charge is -2.12. The lowest BCUT2D eigenvalue weighted by molar-refractivity contribution is -0.142.